The number of hydrogen-bond acceptors (Lipinski definition) is 3. The van der Waals surface area contributed by atoms with Crippen molar-refractivity contribution < 1.29 is 9.30 Å². The third kappa shape index (κ3) is 2.58. The lowest BCUT2D eigenvalue weighted by atomic mass is 10.3. The molecule has 0 aliphatic carbocycles. The van der Waals surface area contributed by atoms with Gasteiger partial charge in [0.05, 0.1) is 13.2 Å². The molecule has 1 aromatic carbocycles. The van der Waals surface area contributed by atoms with Gasteiger partial charge in [0.25, 0.3) is 5.01 Å². The van der Waals surface area contributed by atoms with Gasteiger partial charge in [0, 0.05) is 30.9 Å². The molecular formula is C16H21N2OS+. The molecule has 4 heteroatoms. The third-order valence-corrected chi connectivity index (χ3v) is 4.91. The molecule has 0 bridgehead atoms. The van der Waals surface area contributed by atoms with Crippen molar-refractivity contribution >= 4 is 27.6 Å². The lowest BCUT2D eigenvalue weighted by Crippen LogP contribution is -2.36. The van der Waals surface area contributed by atoms with Crippen molar-refractivity contribution in [1.82, 2.24) is 4.90 Å². The molecule has 106 valence electrons. The largest absolute Gasteiger partial charge is 0.378 e. The predicted octanol–water partition coefficient (Wildman–Crippen LogP) is 2.90. The number of benzene rings is 1. The molecule has 2 aromatic rings. The van der Waals surface area contributed by atoms with Crippen LogP contribution >= 0.6 is 11.3 Å². The molecule has 3 nitrogen and oxygen atoms in total. The van der Waals surface area contributed by atoms with E-state index in [-0.39, 0.29) is 0 Å². The molecule has 1 aromatic heterocycles. The highest BCUT2D eigenvalue weighted by molar-refractivity contribution is 7.18. The lowest BCUT2D eigenvalue weighted by Gasteiger charge is -2.29. The maximum absolute atomic E-state index is 5.42. The molecule has 3 rings (SSSR count). The highest BCUT2D eigenvalue weighted by Crippen LogP contribution is 2.22. The minimum atomic E-state index is 0.839. The number of hydrogen-bond donors (Lipinski definition) is 0. The fourth-order valence-corrected chi connectivity index (χ4v) is 3.89. The lowest BCUT2D eigenvalue weighted by molar-refractivity contribution is -0.665. The number of rotatable bonds is 3. The van der Waals surface area contributed by atoms with E-state index in [4.69, 9.17) is 4.74 Å². The van der Waals surface area contributed by atoms with Gasteiger partial charge in [0.2, 0.25) is 5.52 Å². The molecule has 0 atom stereocenters. The summed E-state index contributed by atoms with van der Waals surface area (Å²) in [5.74, 6) is 0. The van der Waals surface area contributed by atoms with Crippen molar-refractivity contribution in [3.63, 3.8) is 0 Å². The quantitative estimate of drug-likeness (QED) is 0.808. The van der Waals surface area contributed by atoms with Gasteiger partial charge < -0.3 is 9.64 Å². The summed E-state index contributed by atoms with van der Waals surface area (Å²) in [5.41, 5.74) is 2.67. The highest BCUT2D eigenvalue weighted by atomic mass is 32.1. The maximum atomic E-state index is 5.42. The Bertz CT molecular complexity index is 626. The summed E-state index contributed by atoms with van der Waals surface area (Å²) in [6, 6.07) is 8.63. The summed E-state index contributed by atoms with van der Waals surface area (Å²) in [4.78, 5) is 2.41. The topological polar surface area (TPSA) is 16.4 Å². The van der Waals surface area contributed by atoms with Gasteiger partial charge in [-0.15, -0.1) is 0 Å². The fourth-order valence-electron chi connectivity index (χ4n) is 2.67. The first-order chi connectivity index (χ1) is 9.79. The second kappa shape index (κ2) is 5.94. The second-order valence-electron chi connectivity index (χ2n) is 5.04. The Morgan fingerprint density at radius 2 is 2.10 bits per heavy atom. The van der Waals surface area contributed by atoms with Crippen molar-refractivity contribution in [2.45, 2.75) is 20.4 Å². The number of allylic oxidation sites excluding steroid dienone is 1. The summed E-state index contributed by atoms with van der Waals surface area (Å²) in [6.07, 6.45) is 2.32. The van der Waals surface area contributed by atoms with Gasteiger partial charge in [0.15, 0.2) is 0 Å². The van der Waals surface area contributed by atoms with Crippen LogP contribution in [-0.4, -0.2) is 31.2 Å². The number of nitrogens with zero attached hydrogens (tertiary/aromatic N) is 2. The maximum Gasteiger partial charge on any atom is 0.264 e. The van der Waals surface area contributed by atoms with Gasteiger partial charge in [-0.25, -0.2) is 0 Å². The monoisotopic (exact) mass is 289 g/mol. The summed E-state index contributed by atoms with van der Waals surface area (Å²) in [5, 5.41) is 1.33. The first-order valence-corrected chi connectivity index (χ1v) is 8.03. The van der Waals surface area contributed by atoms with Gasteiger partial charge in [0.1, 0.15) is 11.2 Å². The third-order valence-electron chi connectivity index (χ3n) is 3.80. The molecule has 0 N–H and O–H groups in total. The van der Waals surface area contributed by atoms with E-state index >= 15 is 0 Å². The number of aryl methyl sites for hydroxylation is 1. The SMILES string of the molecule is CC[n+]1c(C=C(C)N2CCOCC2)sc2ccccc21. The number of thiazole rings is 1. The first kappa shape index (κ1) is 13.6. The van der Waals surface area contributed by atoms with Crippen molar-refractivity contribution in [1.29, 1.82) is 0 Å². The zero-order chi connectivity index (χ0) is 13.9. The minimum absolute atomic E-state index is 0.839. The molecular weight excluding hydrogens is 268 g/mol. The molecule has 2 heterocycles. The number of morpholine rings is 1. The Morgan fingerprint density at radius 1 is 1.35 bits per heavy atom. The zero-order valence-corrected chi connectivity index (χ0v) is 12.9. The zero-order valence-electron chi connectivity index (χ0n) is 12.1. The van der Waals surface area contributed by atoms with Gasteiger partial charge in [-0.1, -0.05) is 23.5 Å². The van der Waals surface area contributed by atoms with E-state index in [1.807, 2.05) is 11.3 Å². The number of para-hydroxylation sites is 1. The smallest absolute Gasteiger partial charge is 0.264 e. The van der Waals surface area contributed by atoms with Crippen LogP contribution in [0.15, 0.2) is 30.0 Å². The van der Waals surface area contributed by atoms with Gasteiger partial charge in [-0.2, -0.15) is 4.57 Å². The van der Waals surface area contributed by atoms with Crippen LogP contribution in [0.5, 0.6) is 0 Å². The molecule has 0 unspecified atom stereocenters. The standard InChI is InChI=1S/C16H21N2OS/c1-3-18-14-6-4-5-7-15(14)20-16(18)12-13(2)17-8-10-19-11-9-17/h4-7,12H,3,8-11H2,1-2H3/q+1. The van der Waals surface area contributed by atoms with Crippen LogP contribution in [-0.2, 0) is 11.3 Å². The highest BCUT2D eigenvalue weighted by Gasteiger charge is 2.18. The Morgan fingerprint density at radius 3 is 2.85 bits per heavy atom. The Kier molecular flexibility index (Phi) is 4.03. The van der Waals surface area contributed by atoms with Crippen molar-refractivity contribution in [2.24, 2.45) is 0 Å². The summed E-state index contributed by atoms with van der Waals surface area (Å²) in [6.45, 7) is 9.10. The van der Waals surface area contributed by atoms with E-state index in [0.29, 0.717) is 0 Å². The second-order valence-corrected chi connectivity index (χ2v) is 6.10. The van der Waals surface area contributed by atoms with Crippen molar-refractivity contribution in [3.05, 3.63) is 35.0 Å². The molecule has 1 aliphatic heterocycles. The van der Waals surface area contributed by atoms with E-state index in [1.165, 1.54) is 20.9 Å². The van der Waals surface area contributed by atoms with E-state index in [1.54, 1.807) is 0 Å². The average Bonchev–Trinajstić information content (AvgIpc) is 2.85. The van der Waals surface area contributed by atoms with E-state index < -0.39 is 0 Å². The molecule has 0 spiro atoms. The first-order valence-electron chi connectivity index (χ1n) is 7.22. The molecule has 1 fully saturated rings. The van der Waals surface area contributed by atoms with Gasteiger partial charge >= 0.3 is 0 Å². The predicted molar refractivity (Wildman–Crippen MR) is 83.7 cm³/mol. The number of fused-ring (bicyclic) bond motifs is 1. The van der Waals surface area contributed by atoms with Crippen molar-refractivity contribution in [3.8, 4) is 0 Å². The summed E-state index contributed by atoms with van der Waals surface area (Å²) >= 11 is 1.87. The van der Waals surface area contributed by atoms with Crippen molar-refractivity contribution in [2.75, 3.05) is 26.3 Å². The molecule has 0 amide bonds. The molecule has 1 saturated heterocycles. The average molecular weight is 289 g/mol. The van der Waals surface area contributed by atoms with Crippen LogP contribution in [0.3, 0.4) is 0 Å². The fraction of sp³-hybridized carbons (Fsp3) is 0.438. The molecule has 0 radical (unpaired) electrons. The Labute approximate surface area is 124 Å². The van der Waals surface area contributed by atoms with Gasteiger partial charge in [-0.05, 0) is 19.9 Å². The van der Waals surface area contributed by atoms with Crippen LogP contribution in [0, 0.1) is 0 Å². The van der Waals surface area contributed by atoms with Crippen LogP contribution in [0.2, 0.25) is 0 Å². The Hall–Kier alpha value is -1.39. The number of ether oxygens (including phenoxy) is 1. The molecule has 20 heavy (non-hydrogen) atoms. The van der Waals surface area contributed by atoms with E-state index in [2.05, 4.69) is 53.7 Å². The number of aromatic nitrogens is 1. The molecule has 1 aliphatic rings. The minimum Gasteiger partial charge on any atom is -0.378 e. The van der Waals surface area contributed by atoms with Crippen LogP contribution < -0.4 is 4.57 Å². The van der Waals surface area contributed by atoms with Crippen LogP contribution in [0.1, 0.15) is 18.9 Å². The molecule has 0 saturated carbocycles. The van der Waals surface area contributed by atoms with E-state index in [9.17, 15) is 0 Å². The normalized spacial score (nSPS) is 16.9. The summed E-state index contributed by atoms with van der Waals surface area (Å²) in [7, 11) is 0. The Balaban J connectivity index is 1.96. The van der Waals surface area contributed by atoms with E-state index in [0.717, 1.165) is 32.8 Å². The van der Waals surface area contributed by atoms with Crippen LogP contribution in [0.4, 0.5) is 0 Å². The summed E-state index contributed by atoms with van der Waals surface area (Å²) < 4.78 is 9.17. The van der Waals surface area contributed by atoms with Gasteiger partial charge in [-0.3, -0.25) is 0 Å². The van der Waals surface area contributed by atoms with Crippen LogP contribution in [0.25, 0.3) is 16.3 Å².